The smallest absolute Gasteiger partial charge is 0.241 e. The van der Waals surface area contributed by atoms with E-state index in [-0.39, 0.29) is 0 Å². The molecule has 2 N–H and O–H groups in total. The minimum Gasteiger partial charge on any atom is -0.366 e. The molecule has 1 fully saturated rings. The van der Waals surface area contributed by atoms with Gasteiger partial charge in [-0.2, -0.15) is 0 Å². The Morgan fingerprint density at radius 1 is 1.53 bits per heavy atom. The van der Waals surface area contributed by atoms with Gasteiger partial charge in [-0.1, -0.05) is 0 Å². The van der Waals surface area contributed by atoms with E-state index >= 15 is 0 Å². The molecule has 1 aliphatic rings. The number of carbonyl (C=O) groups is 1. The lowest BCUT2D eigenvalue weighted by Crippen LogP contribution is -2.05. The average molecular weight is 204 g/mol. The Morgan fingerprint density at radius 2 is 2.20 bits per heavy atom. The summed E-state index contributed by atoms with van der Waals surface area (Å²) in [5.74, 6) is -0.397. The Balaban J connectivity index is 2.32. The Hall–Kier alpha value is -1.51. The number of primary amides is 1. The molecular weight excluding hydrogens is 188 g/mol. The summed E-state index contributed by atoms with van der Waals surface area (Å²) in [7, 11) is 0. The normalized spacial score (nSPS) is 16.1. The molecule has 0 radical (unpaired) electrons. The van der Waals surface area contributed by atoms with Crippen molar-refractivity contribution in [3.63, 3.8) is 0 Å². The second-order valence-electron chi connectivity index (χ2n) is 4.16. The van der Waals surface area contributed by atoms with Gasteiger partial charge in [-0.25, -0.2) is 0 Å². The molecule has 1 amide bonds. The lowest BCUT2D eigenvalue weighted by Gasteiger charge is -2.06. The van der Waals surface area contributed by atoms with Crippen LogP contribution in [0.3, 0.4) is 0 Å². The molecule has 80 valence electrons. The Morgan fingerprint density at radius 3 is 2.73 bits per heavy atom. The maximum Gasteiger partial charge on any atom is 0.241 e. The van der Waals surface area contributed by atoms with E-state index in [1.165, 1.54) is 30.3 Å². The summed E-state index contributed by atoms with van der Waals surface area (Å²) in [6, 6.07) is 2.79. The van der Waals surface area contributed by atoms with Crippen LogP contribution in [0.4, 0.5) is 0 Å². The first-order chi connectivity index (χ1) is 7.09. The summed E-state index contributed by atoms with van der Waals surface area (Å²) < 4.78 is 2.35. The van der Waals surface area contributed by atoms with Crippen LogP contribution in [0.25, 0.3) is 6.08 Å². The van der Waals surface area contributed by atoms with Crippen molar-refractivity contribution >= 4 is 12.0 Å². The molecule has 1 aliphatic carbocycles. The third-order valence-corrected chi connectivity index (χ3v) is 2.86. The van der Waals surface area contributed by atoms with Crippen LogP contribution in [0.1, 0.15) is 35.8 Å². The molecule has 3 nitrogen and oxygen atoms in total. The monoisotopic (exact) mass is 204 g/mol. The maximum absolute atomic E-state index is 10.7. The summed E-state index contributed by atoms with van der Waals surface area (Å²) in [6.07, 6.45) is 5.76. The third-order valence-electron chi connectivity index (χ3n) is 2.86. The zero-order valence-electron chi connectivity index (χ0n) is 9.16. The molecule has 0 bridgehead atoms. The molecule has 0 spiro atoms. The predicted octanol–water partition coefficient (Wildman–Crippen LogP) is 1.94. The molecular formula is C12H16N2O. The van der Waals surface area contributed by atoms with Gasteiger partial charge in [0.1, 0.15) is 0 Å². The van der Waals surface area contributed by atoms with E-state index in [1.807, 2.05) is 0 Å². The zero-order chi connectivity index (χ0) is 11.0. The minimum atomic E-state index is -0.397. The molecule has 15 heavy (non-hydrogen) atoms. The van der Waals surface area contributed by atoms with Crippen LogP contribution in [0.5, 0.6) is 0 Å². The fourth-order valence-electron chi connectivity index (χ4n) is 2.04. The summed E-state index contributed by atoms with van der Waals surface area (Å²) in [5, 5.41) is 0. The van der Waals surface area contributed by atoms with E-state index in [2.05, 4.69) is 24.5 Å². The molecule has 1 saturated carbocycles. The lowest BCUT2D eigenvalue weighted by molar-refractivity contribution is -0.113. The summed E-state index contributed by atoms with van der Waals surface area (Å²) in [4.78, 5) is 10.7. The van der Waals surface area contributed by atoms with Crippen LogP contribution in [0.2, 0.25) is 0 Å². The predicted molar refractivity (Wildman–Crippen MR) is 60.4 cm³/mol. The number of hydrogen-bond donors (Lipinski definition) is 1. The SMILES string of the molecule is Cc1cc(/C=C\C(N)=O)c(C)n1C1CC1. The summed E-state index contributed by atoms with van der Waals surface area (Å²) in [6.45, 7) is 4.19. The fourth-order valence-corrected chi connectivity index (χ4v) is 2.04. The Bertz CT molecular complexity index is 425. The van der Waals surface area contributed by atoms with Crippen LogP contribution in [0.15, 0.2) is 12.1 Å². The Kier molecular flexibility index (Phi) is 2.39. The van der Waals surface area contributed by atoms with Crippen molar-refractivity contribution in [3.05, 3.63) is 29.1 Å². The average Bonchev–Trinajstić information content (AvgIpc) is 2.92. The molecule has 0 saturated heterocycles. The van der Waals surface area contributed by atoms with E-state index in [9.17, 15) is 4.79 Å². The van der Waals surface area contributed by atoms with E-state index in [0.29, 0.717) is 6.04 Å². The minimum absolute atomic E-state index is 0.397. The van der Waals surface area contributed by atoms with Crippen molar-refractivity contribution in [1.82, 2.24) is 4.57 Å². The van der Waals surface area contributed by atoms with Gasteiger partial charge in [0.2, 0.25) is 5.91 Å². The van der Waals surface area contributed by atoms with Crippen molar-refractivity contribution in [2.24, 2.45) is 5.73 Å². The second-order valence-corrected chi connectivity index (χ2v) is 4.16. The Labute approximate surface area is 89.6 Å². The van der Waals surface area contributed by atoms with Crippen molar-refractivity contribution in [2.45, 2.75) is 32.7 Å². The highest BCUT2D eigenvalue weighted by Crippen LogP contribution is 2.38. The van der Waals surface area contributed by atoms with Gasteiger partial charge >= 0.3 is 0 Å². The molecule has 1 aromatic rings. The van der Waals surface area contributed by atoms with Crippen molar-refractivity contribution in [3.8, 4) is 0 Å². The highest BCUT2D eigenvalue weighted by molar-refractivity contribution is 5.90. The molecule has 1 heterocycles. The van der Waals surface area contributed by atoms with Crippen LogP contribution in [-0.2, 0) is 4.79 Å². The van der Waals surface area contributed by atoms with Crippen LogP contribution >= 0.6 is 0 Å². The first-order valence-corrected chi connectivity index (χ1v) is 5.25. The highest BCUT2D eigenvalue weighted by atomic mass is 16.1. The molecule has 0 aromatic carbocycles. The highest BCUT2D eigenvalue weighted by Gasteiger charge is 2.26. The van der Waals surface area contributed by atoms with Crippen LogP contribution in [-0.4, -0.2) is 10.5 Å². The number of amides is 1. The van der Waals surface area contributed by atoms with E-state index < -0.39 is 5.91 Å². The number of nitrogens with zero attached hydrogens (tertiary/aromatic N) is 1. The van der Waals surface area contributed by atoms with Gasteiger partial charge in [0, 0.05) is 23.5 Å². The van der Waals surface area contributed by atoms with Crippen molar-refractivity contribution in [2.75, 3.05) is 0 Å². The van der Waals surface area contributed by atoms with Crippen molar-refractivity contribution in [1.29, 1.82) is 0 Å². The van der Waals surface area contributed by atoms with Crippen LogP contribution in [0, 0.1) is 13.8 Å². The first kappa shape index (κ1) is 10.0. The van der Waals surface area contributed by atoms with Gasteiger partial charge in [0.25, 0.3) is 0 Å². The molecule has 2 rings (SSSR count). The molecule has 0 unspecified atom stereocenters. The van der Waals surface area contributed by atoms with E-state index in [0.717, 1.165) is 5.56 Å². The number of aromatic nitrogens is 1. The molecule has 1 aromatic heterocycles. The largest absolute Gasteiger partial charge is 0.366 e. The van der Waals surface area contributed by atoms with Gasteiger partial charge < -0.3 is 10.3 Å². The molecule has 0 aliphatic heterocycles. The van der Waals surface area contributed by atoms with Gasteiger partial charge in [0.05, 0.1) is 0 Å². The van der Waals surface area contributed by atoms with Gasteiger partial charge in [-0.15, -0.1) is 0 Å². The molecule has 3 heteroatoms. The quantitative estimate of drug-likeness (QED) is 0.751. The summed E-state index contributed by atoms with van der Waals surface area (Å²) >= 11 is 0. The van der Waals surface area contributed by atoms with Gasteiger partial charge in [-0.3, -0.25) is 4.79 Å². The number of carbonyl (C=O) groups excluding carboxylic acids is 1. The van der Waals surface area contributed by atoms with Gasteiger partial charge in [0.15, 0.2) is 0 Å². The van der Waals surface area contributed by atoms with E-state index in [4.69, 9.17) is 5.73 Å². The fraction of sp³-hybridized carbons (Fsp3) is 0.417. The standard InChI is InChI=1S/C12H16N2O/c1-8-7-10(3-6-12(13)15)9(2)14(8)11-4-5-11/h3,6-7,11H,4-5H2,1-2H3,(H2,13,15)/b6-3-. The number of aryl methyl sites for hydroxylation is 1. The lowest BCUT2D eigenvalue weighted by atomic mass is 10.2. The first-order valence-electron chi connectivity index (χ1n) is 5.25. The van der Waals surface area contributed by atoms with Gasteiger partial charge in [-0.05, 0) is 44.4 Å². The number of rotatable bonds is 3. The topological polar surface area (TPSA) is 48.0 Å². The summed E-state index contributed by atoms with van der Waals surface area (Å²) in [5.41, 5.74) is 8.66. The van der Waals surface area contributed by atoms with Crippen LogP contribution < -0.4 is 5.73 Å². The molecule has 0 atom stereocenters. The van der Waals surface area contributed by atoms with E-state index in [1.54, 1.807) is 6.08 Å². The maximum atomic E-state index is 10.7. The zero-order valence-corrected chi connectivity index (χ0v) is 9.16. The number of hydrogen-bond acceptors (Lipinski definition) is 1. The third kappa shape index (κ3) is 1.96. The second kappa shape index (κ2) is 3.57. The van der Waals surface area contributed by atoms with Crippen molar-refractivity contribution < 1.29 is 4.79 Å². The number of nitrogens with two attached hydrogens (primary N) is 1.